The normalized spacial score (nSPS) is 11.4. The Morgan fingerprint density at radius 3 is 2.50 bits per heavy atom. The Bertz CT molecular complexity index is 878. The highest BCUT2D eigenvalue weighted by Gasteiger charge is 2.19. The number of hydrogen-bond acceptors (Lipinski definition) is 4. The van der Waals surface area contributed by atoms with Gasteiger partial charge in [-0.2, -0.15) is 0 Å². The van der Waals surface area contributed by atoms with Crippen LogP contribution in [-0.4, -0.2) is 28.0 Å². The summed E-state index contributed by atoms with van der Waals surface area (Å²) < 4.78 is 5.39. The van der Waals surface area contributed by atoms with E-state index in [1.54, 1.807) is 30.4 Å². The van der Waals surface area contributed by atoms with Crippen LogP contribution in [0.2, 0.25) is 0 Å². The van der Waals surface area contributed by atoms with Crippen LogP contribution in [0.25, 0.3) is 11.3 Å². The molecule has 5 heteroatoms. The van der Waals surface area contributed by atoms with Gasteiger partial charge in [-0.25, -0.2) is 0 Å². The van der Waals surface area contributed by atoms with Crippen molar-refractivity contribution in [2.45, 2.75) is 32.7 Å². The fourth-order valence-corrected chi connectivity index (χ4v) is 2.68. The summed E-state index contributed by atoms with van der Waals surface area (Å²) in [6.07, 6.45) is 3.45. The second-order valence-corrected chi connectivity index (χ2v) is 7.43. The van der Waals surface area contributed by atoms with Crippen LogP contribution in [0, 0.1) is 0 Å². The Balaban J connectivity index is 1.73. The minimum absolute atomic E-state index is 0.0933. The number of rotatable bonds is 4. The zero-order chi connectivity index (χ0) is 18.7. The van der Waals surface area contributed by atoms with Crippen LogP contribution in [0.4, 0.5) is 0 Å². The fraction of sp³-hybridized carbons (Fsp3) is 0.286. The molecular weight excluding hydrogens is 326 g/mol. The largest absolute Gasteiger partial charge is 0.355 e. The van der Waals surface area contributed by atoms with Gasteiger partial charge in [0.2, 0.25) is 0 Å². The average Bonchev–Trinajstić information content (AvgIpc) is 3.11. The van der Waals surface area contributed by atoms with Gasteiger partial charge in [0.25, 0.3) is 5.91 Å². The topological polar surface area (TPSA) is 59.2 Å². The summed E-state index contributed by atoms with van der Waals surface area (Å²) in [5, 5.41) is 3.94. The zero-order valence-electron chi connectivity index (χ0n) is 15.6. The second kappa shape index (κ2) is 7.12. The van der Waals surface area contributed by atoms with E-state index in [1.807, 2.05) is 24.3 Å². The van der Waals surface area contributed by atoms with Crippen LogP contribution in [0.5, 0.6) is 0 Å². The molecule has 0 spiro atoms. The van der Waals surface area contributed by atoms with Crippen molar-refractivity contribution < 1.29 is 9.32 Å². The quantitative estimate of drug-likeness (QED) is 0.704. The maximum Gasteiger partial charge on any atom is 0.276 e. The molecule has 0 atom stereocenters. The van der Waals surface area contributed by atoms with Gasteiger partial charge in [0, 0.05) is 37.6 Å². The van der Waals surface area contributed by atoms with Crippen molar-refractivity contribution in [3.05, 3.63) is 71.7 Å². The molecule has 0 aliphatic carbocycles. The van der Waals surface area contributed by atoms with Crippen molar-refractivity contribution in [2.24, 2.45) is 0 Å². The number of carbonyl (C=O) groups excluding carboxylic acids is 1. The zero-order valence-corrected chi connectivity index (χ0v) is 15.6. The van der Waals surface area contributed by atoms with Crippen molar-refractivity contribution in [1.29, 1.82) is 0 Å². The fourth-order valence-electron chi connectivity index (χ4n) is 2.68. The number of pyridine rings is 1. The molecule has 0 fully saturated rings. The lowest BCUT2D eigenvalue weighted by molar-refractivity contribution is 0.0774. The van der Waals surface area contributed by atoms with Crippen molar-refractivity contribution in [2.75, 3.05) is 7.05 Å². The molecular formula is C21H23N3O2. The summed E-state index contributed by atoms with van der Waals surface area (Å²) in [5.41, 5.74) is 3.50. The molecule has 134 valence electrons. The lowest BCUT2D eigenvalue weighted by atomic mass is 9.86. The first-order chi connectivity index (χ1) is 12.3. The van der Waals surface area contributed by atoms with Gasteiger partial charge >= 0.3 is 0 Å². The number of benzene rings is 1. The van der Waals surface area contributed by atoms with Crippen LogP contribution >= 0.6 is 0 Å². The Hall–Kier alpha value is -2.95. The molecule has 0 saturated carbocycles. The van der Waals surface area contributed by atoms with E-state index >= 15 is 0 Å². The molecule has 0 aliphatic heterocycles. The smallest absolute Gasteiger partial charge is 0.276 e. The summed E-state index contributed by atoms with van der Waals surface area (Å²) in [7, 11) is 1.74. The molecule has 3 aromatic rings. The maximum atomic E-state index is 12.6. The summed E-state index contributed by atoms with van der Waals surface area (Å²) in [4.78, 5) is 18.2. The van der Waals surface area contributed by atoms with Gasteiger partial charge in [-0.1, -0.05) is 56.3 Å². The van der Waals surface area contributed by atoms with Crippen molar-refractivity contribution >= 4 is 5.91 Å². The summed E-state index contributed by atoms with van der Waals surface area (Å²) >= 11 is 0. The third-order valence-electron chi connectivity index (χ3n) is 4.25. The Labute approximate surface area is 153 Å². The van der Waals surface area contributed by atoms with E-state index in [9.17, 15) is 4.79 Å². The Morgan fingerprint density at radius 2 is 1.88 bits per heavy atom. The molecule has 0 radical (unpaired) electrons. The van der Waals surface area contributed by atoms with E-state index in [0.717, 1.165) is 11.1 Å². The third-order valence-corrected chi connectivity index (χ3v) is 4.25. The van der Waals surface area contributed by atoms with E-state index in [4.69, 9.17) is 4.52 Å². The number of amides is 1. The van der Waals surface area contributed by atoms with Crippen molar-refractivity contribution in [3.8, 4) is 11.3 Å². The standard InChI is InChI=1S/C21H23N3O2/c1-21(2,3)17-9-7-16(8-10-17)19-12-18(23-26-19)20(25)24(4)14-15-6-5-11-22-13-15/h5-13H,14H2,1-4H3. The highest BCUT2D eigenvalue weighted by Crippen LogP contribution is 2.26. The third kappa shape index (κ3) is 3.99. The van der Waals surface area contributed by atoms with E-state index in [0.29, 0.717) is 18.0 Å². The van der Waals surface area contributed by atoms with Gasteiger partial charge in [0.1, 0.15) is 0 Å². The minimum atomic E-state index is -0.185. The van der Waals surface area contributed by atoms with Gasteiger partial charge in [-0.3, -0.25) is 9.78 Å². The van der Waals surface area contributed by atoms with Gasteiger partial charge in [0.15, 0.2) is 11.5 Å². The molecule has 26 heavy (non-hydrogen) atoms. The summed E-state index contributed by atoms with van der Waals surface area (Å²) in [5.74, 6) is 0.402. The first-order valence-electron chi connectivity index (χ1n) is 8.56. The first kappa shape index (κ1) is 17.9. The van der Waals surface area contributed by atoms with E-state index in [-0.39, 0.29) is 11.3 Å². The van der Waals surface area contributed by atoms with E-state index in [2.05, 4.69) is 43.0 Å². The highest BCUT2D eigenvalue weighted by molar-refractivity contribution is 5.92. The molecule has 0 aliphatic rings. The van der Waals surface area contributed by atoms with Gasteiger partial charge in [0.05, 0.1) is 0 Å². The molecule has 5 nitrogen and oxygen atoms in total. The van der Waals surface area contributed by atoms with E-state index < -0.39 is 0 Å². The van der Waals surface area contributed by atoms with Crippen LogP contribution in [0.15, 0.2) is 59.4 Å². The number of nitrogens with zero attached hydrogens (tertiary/aromatic N) is 3. The summed E-state index contributed by atoms with van der Waals surface area (Å²) in [6.45, 7) is 6.98. The number of carbonyl (C=O) groups is 1. The Morgan fingerprint density at radius 1 is 1.15 bits per heavy atom. The molecule has 0 bridgehead atoms. The monoisotopic (exact) mass is 349 g/mol. The molecule has 0 unspecified atom stereocenters. The maximum absolute atomic E-state index is 12.6. The molecule has 0 saturated heterocycles. The molecule has 3 rings (SSSR count). The predicted octanol–water partition coefficient (Wildman–Crippen LogP) is 4.31. The molecule has 2 heterocycles. The molecule has 0 N–H and O–H groups in total. The van der Waals surface area contributed by atoms with Crippen LogP contribution in [0.1, 0.15) is 42.4 Å². The van der Waals surface area contributed by atoms with Gasteiger partial charge in [-0.05, 0) is 22.6 Å². The van der Waals surface area contributed by atoms with Crippen LogP contribution < -0.4 is 0 Å². The minimum Gasteiger partial charge on any atom is -0.355 e. The molecule has 2 aromatic heterocycles. The molecule has 1 aromatic carbocycles. The highest BCUT2D eigenvalue weighted by atomic mass is 16.5. The van der Waals surface area contributed by atoms with Gasteiger partial charge in [-0.15, -0.1) is 0 Å². The predicted molar refractivity (Wildman–Crippen MR) is 101 cm³/mol. The number of aromatic nitrogens is 2. The Kier molecular flexibility index (Phi) is 4.89. The number of hydrogen-bond donors (Lipinski definition) is 0. The molecule has 1 amide bonds. The summed E-state index contributed by atoms with van der Waals surface area (Å²) in [6, 6.07) is 13.6. The SMILES string of the molecule is CN(Cc1cccnc1)C(=O)c1cc(-c2ccc(C(C)(C)C)cc2)on1. The van der Waals surface area contributed by atoms with Gasteiger partial charge < -0.3 is 9.42 Å². The van der Waals surface area contributed by atoms with E-state index in [1.165, 1.54) is 5.56 Å². The lowest BCUT2D eigenvalue weighted by Crippen LogP contribution is -2.26. The van der Waals surface area contributed by atoms with Crippen LogP contribution in [-0.2, 0) is 12.0 Å². The lowest BCUT2D eigenvalue weighted by Gasteiger charge is -2.18. The van der Waals surface area contributed by atoms with Crippen LogP contribution in [0.3, 0.4) is 0 Å². The average molecular weight is 349 g/mol. The van der Waals surface area contributed by atoms with Crippen molar-refractivity contribution in [1.82, 2.24) is 15.0 Å². The second-order valence-electron chi connectivity index (χ2n) is 7.43. The van der Waals surface area contributed by atoms with Crippen molar-refractivity contribution in [3.63, 3.8) is 0 Å². The first-order valence-corrected chi connectivity index (χ1v) is 8.56.